The van der Waals surface area contributed by atoms with Gasteiger partial charge in [-0.2, -0.15) is 5.10 Å². The van der Waals surface area contributed by atoms with E-state index >= 15 is 0 Å². The summed E-state index contributed by atoms with van der Waals surface area (Å²) in [5, 5.41) is 16.9. The summed E-state index contributed by atoms with van der Waals surface area (Å²) in [6.07, 6.45) is -0.275. The fourth-order valence-electron chi connectivity index (χ4n) is 1.38. The molecule has 6 nitrogen and oxygen atoms in total. The first-order valence-electron chi connectivity index (χ1n) is 4.94. The third-order valence-corrected chi connectivity index (χ3v) is 2.19. The molecule has 0 amide bonds. The van der Waals surface area contributed by atoms with Crippen molar-refractivity contribution in [2.24, 2.45) is 0 Å². The second kappa shape index (κ2) is 6.53. The molecule has 88 valence electrons. The van der Waals surface area contributed by atoms with Crippen LogP contribution in [-0.2, 0) is 11.2 Å². The number of carbonyl (C=O) groups is 1. The van der Waals surface area contributed by atoms with Gasteiger partial charge in [-0.1, -0.05) is 0 Å². The van der Waals surface area contributed by atoms with Crippen LogP contribution < -0.4 is 39.4 Å². The number of aromatic amines is 1. The van der Waals surface area contributed by atoms with Crippen LogP contribution >= 0.6 is 0 Å². The molecule has 1 aromatic heterocycles. The van der Waals surface area contributed by atoms with Gasteiger partial charge in [-0.3, -0.25) is 5.10 Å². The quantitative estimate of drug-likeness (QED) is 0.580. The van der Waals surface area contributed by atoms with Crippen LogP contribution in [0.2, 0.25) is 0 Å². The molecule has 0 fully saturated rings. The molecular formula is C11H10N3NaO3. The van der Waals surface area contributed by atoms with Gasteiger partial charge in [-0.25, -0.2) is 4.98 Å². The van der Waals surface area contributed by atoms with Crippen molar-refractivity contribution in [3.63, 3.8) is 0 Å². The van der Waals surface area contributed by atoms with Crippen LogP contribution in [0.5, 0.6) is 5.75 Å². The summed E-state index contributed by atoms with van der Waals surface area (Å²) in [7, 11) is 1.58. The van der Waals surface area contributed by atoms with E-state index in [1.165, 1.54) is 0 Å². The molecule has 7 heteroatoms. The Morgan fingerprint density at radius 1 is 1.39 bits per heavy atom. The van der Waals surface area contributed by atoms with Crippen LogP contribution in [0, 0.1) is 0 Å². The van der Waals surface area contributed by atoms with Gasteiger partial charge < -0.3 is 14.6 Å². The first-order valence-corrected chi connectivity index (χ1v) is 4.94. The van der Waals surface area contributed by atoms with E-state index in [9.17, 15) is 9.90 Å². The van der Waals surface area contributed by atoms with Crippen molar-refractivity contribution in [1.29, 1.82) is 0 Å². The number of carboxylic acids is 1. The summed E-state index contributed by atoms with van der Waals surface area (Å²) in [5.41, 5.74) is 0.784. The molecule has 0 unspecified atom stereocenters. The smallest absolute Gasteiger partial charge is 0.550 e. The third kappa shape index (κ3) is 3.56. The van der Waals surface area contributed by atoms with Gasteiger partial charge in [-0.05, 0) is 24.3 Å². The Morgan fingerprint density at radius 3 is 2.61 bits per heavy atom. The number of ether oxygens (including phenoxy) is 1. The maximum Gasteiger partial charge on any atom is 1.00 e. The molecule has 2 rings (SSSR count). The van der Waals surface area contributed by atoms with Crippen molar-refractivity contribution in [2.45, 2.75) is 6.42 Å². The maximum absolute atomic E-state index is 10.4. The van der Waals surface area contributed by atoms with E-state index in [1.54, 1.807) is 31.4 Å². The number of H-pyrrole nitrogens is 1. The van der Waals surface area contributed by atoms with Crippen molar-refractivity contribution < 1.29 is 44.2 Å². The number of nitrogens with zero attached hydrogens (tertiary/aromatic N) is 2. The number of hydrogen-bond donors (Lipinski definition) is 1. The Bertz CT molecular complexity index is 525. The number of aromatic nitrogens is 3. The normalized spacial score (nSPS) is 9.61. The molecule has 18 heavy (non-hydrogen) atoms. The molecule has 1 N–H and O–H groups in total. The first-order chi connectivity index (χ1) is 8.19. The molecule has 1 heterocycles. The van der Waals surface area contributed by atoms with Gasteiger partial charge in [0.15, 0.2) is 5.82 Å². The van der Waals surface area contributed by atoms with Crippen LogP contribution in [0.3, 0.4) is 0 Å². The van der Waals surface area contributed by atoms with Gasteiger partial charge in [0.05, 0.1) is 7.11 Å². The van der Waals surface area contributed by atoms with Crippen molar-refractivity contribution in [3.8, 4) is 17.1 Å². The van der Waals surface area contributed by atoms with Crippen molar-refractivity contribution in [3.05, 3.63) is 30.1 Å². The van der Waals surface area contributed by atoms with Gasteiger partial charge in [-0.15, -0.1) is 0 Å². The minimum atomic E-state index is -1.19. The summed E-state index contributed by atoms with van der Waals surface area (Å²) < 4.78 is 5.03. The molecule has 0 aliphatic rings. The van der Waals surface area contributed by atoms with Crippen LogP contribution in [-0.4, -0.2) is 28.3 Å². The molecule has 0 saturated heterocycles. The maximum atomic E-state index is 10.4. The number of carbonyl (C=O) groups excluding carboxylic acids is 1. The summed E-state index contributed by atoms with van der Waals surface area (Å²) in [6, 6.07) is 7.16. The van der Waals surface area contributed by atoms with Crippen LogP contribution in [0.15, 0.2) is 24.3 Å². The number of methoxy groups -OCH3 is 1. The van der Waals surface area contributed by atoms with Gasteiger partial charge >= 0.3 is 29.6 Å². The molecular weight excluding hydrogens is 245 g/mol. The molecule has 0 spiro atoms. The van der Waals surface area contributed by atoms with E-state index < -0.39 is 5.97 Å². The number of aliphatic carboxylic acids is 1. The number of nitrogens with one attached hydrogen (secondary N) is 1. The van der Waals surface area contributed by atoms with Crippen LogP contribution in [0.4, 0.5) is 0 Å². The Labute approximate surface area is 126 Å². The van der Waals surface area contributed by atoms with Gasteiger partial charge in [0.25, 0.3) is 0 Å². The van der Waals surface area contributed by atoms with Gasteiger partial charge in [0, 0.05) is 18.0 Å². The standard InChI is InChI=1S/C11H11N3O3.Na/c1-17-8-4-2-7(3-5-8)11-12-9(13-14-11)6-10(15)16;/h2-5H,6H2,1H3,(H,15,16)(H,12,13,14);/q;+1/p-1. The number of hydrogen-bond acceptors (Lipinski definition) is 5. The van der Waals surface area contributed by atoms with Crippen LogP contribution in [0.1, 0.15) is 5.82 Å². The van der Waals surface area contributed by atoms with E-state index in [4.69, 9.17) is 4.74 Å². The SMILES string of the molecule is COc1ccc(-c2n[nH]c(CC(=O)[O-])n2)cc1.[Na+]. The second-order valence-corrected chi connectivity index (χ2v) is 3.38. The summed E-state index contributed by atoms with van der Waals surface area (Å²) in [6.45, 7) is 0. The van der Waals surface area contributed by atoms with Crippen molar-refractivity contribution in [1.82, 2.24) is 15.2 Å². The van der Waals surface area contributed by atoms with Crippen molar-refractivity contribution in [2.75, 3.05) is 7.11 Å². The Hall–Kier alpha value is -1.37. The average molecular weight is 255 g/mol. The second-order valence-electron chi connectivity index (χ2n) is 3.38. The minimum Gasteiger partial charge on any atom is -0.550 e. The average Bonchev–Trinajstić information content (AvgIpc) is 2.77. The Morgan fingerprint density at radius 2 is 2.06 bits per heavy atom. The van der Waals surface area contributed by atoms with Crippen LogP contribution in [0.25, 0.3) is 11.4 Å². The fraction of sp³-hybridized carbons (Fsp3) is 0.182. The predicted molar refractivity (Wildman–Crippen MR) is 57.1 cm³/mol. The Kier molecular flexibility index (Phi) is 5.33. The number of benzene rings is 1. The largest absolute Gasteiger partial charge is 1.00 e. The van der Waals surface area contributed by atoms with Crippen molar-refractivity contribution >= 4 is 5.97 Å². The van der Waals surface area contributed by atoms with Gasteiger partial charge in [0.1, 0.15) is 11.6 Å². The monoisotopic (exact) mass is 255 g/mol. The first kappa shape index (κ1) is 14.7. The zero-order valence-electron chi connectivity index (χ0n) is 10.1. The molecule has 1 aromatic carbocycles. The fourth-order valence-corrected chi connectivity index (χ4v) is 1.38. The molecule has 0 radical (unpaired) electrons. The van der Waals surface area contributed by atoms with E-state index in [0.717, 1.165) is 11.3 Å². The molecule has 0 atom stereocenters. The molecule has 2 aromatic rings. The summed E-state index contributed by atoms with van der Waals surface area (Å²) >= 11 is 0. The zero-order chi connectivity index (χ0) is 12.3. The molecule has 0 aliphatic heterocycles. The Balaban J connectivity index is 0.00000162. The zero-order valence-corrected chi connectivity index (χ0v) is 12.1. The van der Waals surface area contributed by atoms with E-state index in [2.05, 4.69) is 15.2 Å². The van der Waals surface area contributed by atoms with Gasteiger partial charge in [0.2, 0.25) is 0 Å². The van der Waals surface area contributed by atoms with E-state index in [1.807, 2.05) is 0 Å². The molecule has 0 bridgehead atoms. The number of rotatable bonds is 4. The number of carboxylic acid groups (broad SMARTS) is 1. The summed E-state index contributed by atoms with van der Waals surface area (Å²) in [4.78, 5) is 14.4. The topological polar surface area (TPSA) is 90.9 Å². The van der Waals surface area contributed by atoms with E-state index in [0.29, 0.717) is 5.82 Å². The summed E-state index contributed by atoms with van der Waals surface area (Å²) in [5.74, 6) is 0.265. The minimum absolute atomic E-state index is 0. The molecule has 0 saturated carbocycles. The third-order valence-electron chi connectivity index (χ3n) is 2.19. The van der Waals surface area contributed by atoms with E-state index in [-0.39, 0.29) is 41.8 Å². The molecule has 0 aliphatic carbocycles. The predicted octanol–water partition coefficient (Wildman–Crippen LogP) is -3.22.